The number of esters is 1. The number of nitrogens with one attached hydrogen (secondary N) is 1. The molecule has 2 heterocycles. The fraction of sp³-hybridized carbons (Fsp3) is 0.400. The molecule has 0 bridgehead atoms. The van der Waals surface area contributed by atoms with Crippen LogP contribution in [0.25, 0.3) is 11.0 Å². The third-order valence-corrected chi connectivity index (χ3v) is 6.44. The number of aromatic hydroxyl groups is 1. The number of thioether (sulfide) groups is 1. The number of benzene rings is 1. The third-order valence-electron chi connectivity index (χ3n) is 5.43. The number of nitriles is 1. The first kappa shape index (κ1) is 24.5. The molecular weight excluding hydrogens is 440 g/mol. The van der Waals surface area contributed by atoms with Crippen LogP contribution in [0.5, 0.6) is 5.75 Å². The van der Waals surface area contributed by atoms with Crippen LogP contribution in [0, 0.1) is 23.2 Å². The lowest BCUT2D eigenvalue weighted by Crippen LogP contribution is -2.29. The summed E-state index contributed by atoms with van der Waals surface area (Å²) in [6.45, 7) is 9.41. The van der Waals surface area contributed by atoms with Gasteiger partial charge in [0.2, 0.25) is 0 Å². The highest BCUT2D eigenvalue weighted by Gasteiger charge is 2.32. The van der Waals surface area contributed by atoms with E-state index in [-0.39, 0.29) is 35.4 Å². The van der Waals surface area contributed by atoms with E-state index in [4.69, 9.17) is 9.15 Å². The number of carbonyl (C=O) groups excluding carboxylic acids is 2. The number of allylic oxidation sites excluding steroid dienone is 3. The molecule has 1 aliphatic heterocycles. The van der Waals surface area contributed by atoms with Crippen LogP contribution in [0.15, 0.2) is 44.5 Å². The standard InChI is InChI=1S/C25H28N2O5S/c1-6-31-25(30)23-18-10-16(29)7-8-20(18)32-21(23)12-33-24-19(11-26)17(9-13(2)3)22(15(5)28)14(4)27-24/h7-8,10,13,17,27,29H,6,9,12H2,1-5H3/t17-/m1/s1. The molecule has 2 aromatic rings. The summed E-state index contributed by atoms with van der Waals surface area (Å²) >= 11 is 1.34. The second-order valence-electron chi connectivity index (χ2n) is 8.35. The van der Waals surface area contributed by atoms with Crippen molar-refractivity contribution >= 4 is 34.5 Å². The van der Waals surface area contributed by atoms with Crippen molar-refractivity contribution in [1.29, 1.82) is 5.26 Å². The molecule has 8 heteroatoms. The first-order valence-corrected chi connectivity index (χ1v) is 11.8. The summed E-state index contributed by atoms with van der Waals surface area (Å²) < 4.78 is 11.1. The summed E-state index contributed by atoms with van der Waals surface area (Å²) in [5.41, 5.74) is 2.60. The quantitative estimate of drug-likeness (QED) is 0.494. The maximum atomic E-state index is 12.7. The number of fused-ring (bicyclic) bond motifs is 1. The highest BCUT2D eigenvalue weighted by atomic mass is 32.2. The third kappa shape index (κ3) is 5.09. The largest absolute Gasteiger partial charge is 0.508 e. The minimum absolute atomic E-state index is 0.0190. The lowest BCUT2D eigenvalue weighted by Gasteiger charge is -2.30. The number of hydrogen-bond donors (Lipinski definition) is 2. The van der Waals surface area contributed by atoms with Gasteiger partial charge in [-0.2, -0.15) is 5.26 Å². The Bertz CT molecular complexity index is 1200. The smallest absolute Gasteiger partial charge is 0.342 e. The molecule has 0 saturated heterocycles. The molecule has 0 amide bonds. The molecule has 1 aliphatic rings. The molecule has 2 N–H and O–H groups in total. The van der Waals surface area contributed by atoms with E-state index in [9.17, 15) is 20.0 Å². The molecule has 174 valence electrons. The molecule has 7 nitrogen and oxygen atoms in total. The lowest BCUT2D eigenvalue weighted by atomic mass is 9.81. The van der Waals surface area contributed by atoms with Gasteiger partial charge in [0, 0.05) is 22.6 Å². The van der Waals surface area contributed by atoms with Crippen molar-refractivity contribution in [2.45, 2.75) is 46.8 Å². The van der Waals surface area contributed by atoms with Crippen molar-refractivity contribution in [3.63, 3.8) is 0 Å². The number of phenolic OH excluding ortho intramolecular Hbond substituents is 1. The minimum atomic E-state index is -0.531. The first-order chi connectivity index (χ1) is 15.7. The van der Waals surface area contributed by atoms with Gasteiger partial charge in [-0.15, -0.1) is 0 Å². The Hall–Kier alpha value is -3.18. The zero-order valence-corrected chi connectivity index (χ0v) is 20.3. The van der Waals surface area contributed by atoms with Gasteiger partial charge in [0.05, 0.1) is 29.0 Å². The van der Waals surface area contributed by atoms with E-state index >= 15 is 0 Å². The van der Waals surface area contributed by atoms with Gasteiger partial charge in [-0.1, -0.05) is 25.6 Å². The van der Waals surface area contributed by atoms with Crippen LogP contribution in [0.2, 0.25) is 0 Å². The fourth-order valence-electron chi connectivity index (χ4n) is 4.13. The molecule has 3 rings (SSSR count). The number of phenols is 1. The van der Waals surface area contributed by atoms with Gasteiger partial charge < -0.3 is 19.6 Å². The predicted octanol–water partition coefficient (Wildman–Crippen LogP) is 5.41. The molecule has 0 saturated carbocycles. The Morgan fingerprint density at radius 2 is 2.09 bits per heavy atom. The van der Waals surface area contributed by atoms with Crippen molar-refractivity contribution < 1.29 is 23.8 Å². The van der Waals surface area contributed by atoms with Gasteiger partial charge in [-0.3, -0.25) is 4.79 Å². The molecule has 0 aliphatic carbocycles. The molecule has 0 radical (unpaired) electrons. The van der Waals surface area contributed by atoms with Crippen molar-refractivity contribution in [2.75, 3.05) is 6.61 Å². The van der Waals surface area contributed by atoms with E-state index in [0.717, 1.165) is 5.70 Å². The van der Waals surface area contributed by atoms with Gasteiger partial charge in [0.15, 0.2) is 5.78 Å². The summed E-state index contributed by atoms with van der Waals surface area (Å²) in [5.74, 6) is 0.0985. The van der Waals surface area contributed by atoms with E-state index in [1.165, 1.54) is 30.8 Å². The SMILES string of the molecule is CCOC(=O)c1c(CSC2=C(C#N)[C@@H](CC(C)C)C(C(C)=O)=C(C)N2)oc2ccc(O)cc12. The van der Waals surface area contributed by atoms with E-state index in [1.54, 1.807) is 13.0 Å². The van der Waals surface area contributed by atoms with Crippen molar-refractivity contribution in [3.8, 4) is 11.8 Å². The number of furan rings is 1. The lowest BCUT2D eigenvalue weighted by molar-refractivity contribution is -0.114. The Labute approximate surface area is 197 Å². The summed E-state index contributed by atoms with van der Waals surface area (Å²) in [4.78, 5) is 25.0. The highest BCUT2D eigenvalue weighted by molar-refractivity contribution is 8.02. The zero-order chi connectivity index (χ0) is 24.3. The van der Waals surface area contributed by atoms with Crippen molar-refractivity contribution in [1.82, 2.24) is 5.32 Å². The normalized spacial score (nSPS) is 16.2. The van der Waals surface area contributed by atoms with Gasteiger partial charge in [0.1, 0.15) is 22.7 Å². The van der Waals surface area contributed by atoms with Gasteiger partial charge in [-0.05, 0) is 51.3 Å². The average Bonchev–Trinajstić information content (AvgIpc) is 3.09. The molecule has 0 unspecified atom stereocenters. The van der Waals surface area contributed by atoms with Crippen LogP contribution in [-0.4, -0.2) is 23.5 Å². The van der Waals surface area contributed by atoms with Crippen LogP contribution >= 0.6 is 11.8 Å². The summed E-state index contributed by atoms with van der Waals surface area (Å²) in [5, 5.41) is 24.2. The second-order valence-corrected chi connectivity index (χ2v) is 9.33. The summed E-state index contributed by atoms with van der Waals surface area (Å²) in [7, 11) is 0. The predicted molar refractivity (Wildman–Crippen MR) is 127 cm³/mol. The van der Waals surface area contributed by atoms with Crippen LogP contribution < -0.4 is 5.32 Å². The number of hydrogen-bond acceptors (Lipinski definition) is 8. The van der Waals surface area contributed by atoms with E-state index in [0.29, 0.717) is 45.2 Å². The van der Waals surface area contributed by atoms with Gasteiger partial charge >= 0.3 is 5.97 Å². The number of rotatable bonds is 8. The minimum Gasteiger partial charge on any atom is -0.508 e. The number of ketones is 1. The molecule has 0 spiro atoms. The van der Waals surface area contributed by atoms with Gasteiger partial charge in [-0.25, -0.2) is 4.79 Å². The molecule has 33 heavy (non-hydrogen) atoms. The topological polar surface area (TPSA) is 113 Å². The number of Topliss-reactive ketones (excluding diaryl/α,β-unsaturated/α-hetero) is 1. The monoisotopic (exact) mass is 468 g/mol. The number of nitrogens with zero attached hydrogens (tertiary/aromatic N) is 1. The Morgan fingerprint density at radius 3 is 2.70 bits per heavy atom. The Balaban J connectivity index is 2.00. The van der Waals surface area contributed by atoms with Crippen LogP contribution in [-0.2, 0) is 15.3 Å². The van der Waals surface area contributed by atoms with Crippen molar-refractivity contribution in [3.05, 3.63) is 51.4 Å². The highest BCUT2D eigenvalue weighted by Crippen LogP contribution is 2.40. The maximum absolute atomic E-state index is 12.7. The second kappa shape index (κ2) is 10.2. The number of dihydropyridines is 1. The van der Waals surface area contributed by atoms with Crippen LogP contribution in [0.4, 0.5) is 0 Å². The fourth-order valence-corrected chi connectivity index (χ4v) is 5.18. The molecular formula is C25H28N2O5S. The first-order valence-electron chi connectivity index (χ1n) is 10.8. The van der Waals surface area contributed by atoms with Crippen molar-refractivity contribution in [2.24, 2.45) is 11.8 Å². The summed E-state index contributed by atoms with van der Waals surface area (Å²) in [6, 6.07) is 6.87. The molecule has 1 atom stereocenters. The maximum Gasteiger partial charge on any atom is 0.342 e. The Kier molecular flexibility index (Phi) is 7.54. The average molecular weight is 469 g/mol. The van der Waals surface area contributed by atoms with Crippen LogP contribution in [0.1, 0.15) is 57.2 Å². The van der Waals surface area contributed by atoms with Crippen LogP contribution in [0.3, 0.4) is 0 Å². The Morgan fingerprint density at radius 1 is 1.36 bits per heavy atom. The number of carbonyl (C=O) groups is 2. The van der Waals surface area contributed by atoms with Gasteiger partial charge in [0.25, 0.3) is 0 Å². The van der Waals surface area contributed by atoms with E-state index < -0.39 is 5.97 Å². The molecule has 0 fully saturated rings. The van der Waals surface area contributed by atoms with E-state index in [1.807, 2.05) is 6.92 Å². The zero-order valence-electron chi connectivity index (χ0n) is 19.4. The van der Waals surface area contributed by atoms with E-state index in [2.05, 4.69) is 25.2 Å². The summed E-state index contributed by atoms with van der Waals surface area (Å²) in [6.07, 6.45) is 0.679. The number of ether oxygens (including phenoxy) is 1. The molecule has 1 aromatic heterocycles. The molecule has 1 aromatic carbocycles.